The zero-order valence-corrected chi connectivity index (χ0v) is 28.8. The lowest BCUT2D eigenvalue weighted by Gasteiger charge is -2.66. The molecule has 2 spiro atoms. The van der Waals surface area contributed by atoms with Crippen LogP contribution in [0.25, 0.3) is 0 Å². The van der Waals surface area contributed by atoms with Crippen molar-refractivity contribution in [2.45, 2.75) is 121 Å². The van der Waals surface area contributed by atoms with Crippen molar-refractivity contribution in [1.29, 1.82) is 0 Å². The molecular formula is C41H54O6. The van der Waals surface area contributed by atoms with Crippen LogP contribution in [0, 0.1) is 58.2 Å². The van der Waals surface area contributed by atoms with E-state index >= 15 is 0 Å². The molecule has 0 amide bonds. The minimum atomic E-state index is -1.37. The zero-order valence-electron chi connectivity index (χ0n) is 28.8. The van der Waals surface area contributed by atoms with Crippen LogP contribution in [0.5, 0.6) is 0 Å². The van der Waals surface area contributed by atoms with E-state index in [0.717, 1.165) is 63.4 Å². The Labute approximate surface area is 281 Å². The highest BCUT2D eigenvalue weighted by molar-refractivity contribution is 5.95. The molecule has 10 rings (SSSR count). The molecule has 9 aliphatic rings. The second kappa shape index (κ2) is 11.5. The van der Waals surface area contributed by atoms with Crippen molar-refractivity contribution in [1.82, 2.24) is 0 Å². The van der Waals surface area contributed by atoms with Crippen molar-refractivity contribution >= 4 is 5.78 Å². The van der Waals surface area contributed by atoms with Crippen LogP contribution in [0.3, 0.4) is 0 Å². The van der Waals surface area contributed by atoms with Crippen molar-refractivity contribution in [3.8, 4) is 11.8 Å². The molecule has 4 aliphatic heterocycles. The maximum Gasteiger partial charge on any atom is 0.159 e. The van der Waals surface area contributed by atoms with E-state index in [2.05, 4.69) is 56.9 Å². The Morgan fingerprint density at radius 1 is 1.04 bits per heavy atom. The highest BCUT2D eigenvalue weighted by atomic mass is 16.5. The van der Waals surface area contributed by atoms with Crippen LogP contribution in [-0.2, 0) is 19.0 Å². The first-order valence-corrected chi connectivity index (χ1v) is 18.6. The van der Waals surface area contributed by atoms with Gasteiger partial charge in [0.15, 0.2) is 5.78 Å². The van der Waals surface area contributed by atoms with Crippen LogP contribution in [0.1, 0.15) is 97.0 Å². The number of carbonyl (C=O) groups excluding carboxylic acids is 1. The van der Waals surface area contributed by atoms with Crippen LogP contribution in [0.4, 0.5) is 0 Å². The topological polar surface area (TPSA) is 85.2 Å². The van der Waals surface area contributed by atoms with E-state index in [-0.39, 0.29) is 53.5 Å². The number of fused-ring (bicyclic) bond motifs is 3. The smallest absolute Gasteiger partial charge is 0.159 e. The number of carbonyl (C=O) groups is 1. The Kier molecular flexibility index (Phi) is 7.90. The van der Waals surface area contributed by atoms with Gasteiger partial charge < -0.3 is 24.4 Å². The first kappa shape index (κ1) is 32.2. The van der Waals surface area contributed by atoms with Crippen LogP contribution in [-0.4, -0.2) is 65.3 Å². The van der Waals surface area contributed by atoms with Gasteiger partial charge in [0.05, 0.1) is 35.9 Å². The van der Waals surface area contributed by atoms with Gasteiger partial charge >= 0.3 is 0 Å². The van der Waals surface area contributed by atoms with Gasteiger partial charge in [0.25, 0.3) is 0 Å². The van der Waals surface area contributed by atoms with Gasteiger partial charge in [0.1, 0.15) is 12.7 Å². The van der Waals surface area contributed by atoms with Gasteiger partial charge in [-0.2, -0.15) is 0 Å². The summed E-state index contributed by atoms with van der Waals surface area (Å²) in [5.41, 5.74) is -0.284. The predicted octanol–water partition coefficient (Wildman–Crippen LogP) is 6.24. The summed E-state index contributed by atoms with van der Waals surface area (Å²) in [5, 5.41) is 24.5. The summed E-state index contributed by atoms with van der Waals surface area (Å²) >= 11 is 0. The van der Waals surface area contributed by atoms with Gasteiger partial charge in [-0.25, -0.2) is 0 Å². The Morgan fingerprint density at radius 3 is 2.62 bits per heavy atom. The fourth-order valence-electron chi connectivity index (χ4n) is 12.4. The average molecular weight is 643 g/mol. The Balaban J connectivity index is 1.24. The molecule has 14 unspecified atom stereocenters. The van der Waals surface area contributed by atoms with E-state index in [1.165, 1.54) is 5.57 Å². The van der Waals surface area contributed by atoms with Gasteiger partial charge in [-0.15, -0.1) is 0 Å². The molecule has 6 heteroatoms. The van der Waals surface area contributed by atoms with E-state index in [1.54, 1.807) is 0 Å². The predicted molar refractivity (Wildman–Crippen MR) is 179 cm³/mol. The number of benzene rings is 1. The first-order chi connectivity index (χ1) is 22.5. The summed E-state index contributed by atoms with van der Waals surface area (Å²) in [6, 6.07) is 10.4. The van der Waals surface area contributed by atoms with E-state index in [9.17, 15) is 15.0 Å². The largest absolute Gasteiger partial charge is 0.387 e. The molecule has 14 atom stereocenters. The molecule has 5 aliphatic carbocycles. The zero-order chi connectivity index (χ0) is 32.8. The van der Waals surface area contributed by atoms with Crippen molar-refractivity contribution in [3.05, 3.63) is 47.5 Å². The first-order valence-electron chi connectivity index (χ1n) is 18.6. The van der Waals surface area contributed by atoms with Gasteiger partial charge in [-0.1, -0.05) is 69.4 Å². The molecule has 4 heterocycles. The molecule has 8 bridgehead atoms. The second-order valence-electron chi connectivity index (χ2n) is 17.1. The number of hydrogen-bond acceptors (Lipinski definition) is 6. The lowest BCUT2D eigenvalue weighted by Crippen LogP contribution is -2.67. The highest BCUT2D eigenvalue weighted by Gasteiger charge is 2.74. The Morgan fingerprint density at radius 2 is 1.85 bits per heavy atom. The molecule has 254 valence electrons. The third-order valence-corrected chi connectivity index (χ3v) is 15.0. The molecule has 1 saturated heterocycles. The molecule has 5 fully saturated rings. The van der Waals surface area contributed by atoms with E-state index in [0.29, 0.717) is 25.0 Å². The van der Waals surface area contributed by atoms with Crippen LogP contribution >= 0.6 is 0 Å². The monoisotopic (exact) mass is 642 g/mol. The Hall–Kier alpha value is -2.01. The molecule has 2 N–H and O–H groups in total. The third kappa shape index (κ3) is 4.66. The second-order valence-corrected chi connectivity index (χ2v) is 17.1. The quantitative estimate of drug-likeness (QED) is 0.378. The number of aliphatic hydroxyl groups excluding tert-OH is 1. The normalized spacial score (nSPS) is 47.7. The molecule has 1 aromatic carbocycles. The highest BCUT2D eigenvalue weighted by Crippen LogP contribution is 2.74. The number of hydrogen-bond donors (Lipinski definition) is 2. The van der Waals surface area contributed by atoms with Crippen LogP contribution in [0.2, 0.25) is 0 Å². The minimum Gasteiger partial charge on any atom is -0.387 e. The summed E-state index contributed by atoms with van der Waals surface area (Å²) in [5.74, 6) is 8.04. The maximum absolute atomic E-state index is 14.4. The van der Waals surface area contributed by atoms with Crippen molar-refractivity contribution in [3.63, 3.8) is 0 Å². The number of aliphatic hydroxyl groups is 2. The van der Waals surface area contributed by atoms with Gasteiger partial charge in [0.2, 0.25) is 0 Å². The van der Waals surface area contributed by atoms with Crippen LogP contribution < -0.4 is 0 Å². The van der Waals surface area contributed by atoms with E-state index in [4.69, 9.17) is 14.2 Å². The number of ether oxygens (including phenoxy) is 3. The summed E-state index contributed by atoms with van der Waals surface area (Å²) in [6.45, 7) is 9.92. The van der Waals surface area contributed by atoms with Crippen molar-refractivity contribution in [2.75, 3.05) is 19.8 Å². The standard InChI is InChI=1S/C41H54O6/c1-25-23-46-36(26(25)2)37(43)39(4,44)34-15-18-41-32-21-33(42)31-20-30(45-24-29(13-9-19-47-41)27-10-6-5-7-11-27)14-17-38(31,3)35(32)28-12-8-16-40(34,41)22-28/h5-7,10-11,21,25-26,28-31,34-37,43-44H,8,12,14-20,22-24H2,1-4H3. The van der Waals surface area contributed by atoms with E-state index < -0.39 is 28.8 Å². The summed E-state index contributed by atoms with van der Waals surface area (Å²) in [6.07, 6.45) is 8.88. The summed E-state index contributed by atoms with van der Waals surface area (Å²) in [4.78, 5) is 14.4. The number of rotatable bonds is 4. The summed E-state index contributed by atoms with van der Waals surface area (Å²) < 4.78 is 20.0. The number of ketones is 1. The molecule has 4 saturated carbocycles. The van der Waals surface area contributed by atoms with Gasteiger partial charge in [-0.05, 0) is 111 Å². The third-order valence-electron chi connectivity index (χ3n) is 15.0. The van der Waals surface area contributed by atoms with Crippen LogP contribution in [0.15, 0.2) is 42.0 Å². The molecule has 0 radical (unpaired) electrons. The molecule has 6 nitrogen and oxygen atoms in total. The Bertz CT molecular complexity index is 1470. The maximum atomic E-state index is 14.4. The fraction of sp³-hybridized carbons (Fsp3) is 0.732. The average Bonchev–Trinajstić information content (AvgIpc) is 3.56. The molecule has 47 heavy (non-hydrogen) atoms. The van der Waals surface area contributed by atoms with Gasteiger partial charge in [-0.3, -0.25) is 4.79 Å². The molecule has 1 aromatic rings. The fourth-order valence-corrected chi connectivity index (χ4v) is 12.4. The van der Waals surface area contributed by atoms with Crippen molar-refractivity contribution in [2.24, 2.45) is 46.3 Å². The van der Waals surface area contributed by atoms with Crippen molar-refractivity contribution < 1.29 is 29.2 Å². The molecular weight excluding hydrogens is 588 g/mol. The summed E-state index contributed by atoms with van der Waals surface area (Å²) in [7, 11) is 0. The minimum absolute atomic E-state index is 0.0533. The molecule has 0 aromatic heterocycles. The number of allylic oxidation sites excluding steroid dienone is 1. The lowest BCUT2D eigenvalue weighted by molar-refractivity contribution is -0.223. The van der Waals surface area contributed by atoms with Gasteiger partial charge in [0, 0.05) is 17.9 Å². The lowest BCUT2D eigenvalue weighted by atomic mass is 9.40. The SMILES string of the molecule is CC1COC(C(O)C(C)(O)C2CCC34OCC#CC(c5ccccc5)COC5CCC6(C)C(C5)C(=O)C=C3C6C3CCCC24C3)C1C. The van der Waals surface area contributed by atoms with E-state index in [1.807, 2.05) is 19.1 Å².